The van der Waals surface area contributed by atoms with Gasteiger partial charge in [0.25, 0.3) is 5.01 Å². The molecule has 4 aromatic carbocycles. The van der Waals surface area contributed by atoms with Crippen LogP contribution in [0.2, 0.25) is 0 Å². The van der Waals surface area contributed by atoms with Crippen LogP contribution in [0.25, 0.3) is 38.5 Å². The molecular formula is C46H44N2O8S4. The predicted octanol–water partition coefficient (Wildman–Crippen LogP) is 7.33. The third-order valence-corrected chi connectivity index (χ3v) is 15.4. The first-order chi connectivity index (χ1) is 28.5. The van der Waals surface area contributed by atoms with Crippen molar-refractivity contribution >= 4 is 76.7 Å². The number of hydrogen-bond donors (Lipinski definition) is 1. The van der Waals surface area contributed by atoms with Gasteiger partial charge in [-0.25, -0.2) is 16.8 Å². The first-order valence-electron chi connectivity index (χ1n) is 19.3. The molecule has 10 nitrogen and oxygen atoms in total. The number of aliphatic carboxylic acids is 2. The second-order valence-corrected chi connectivity index (χ2v) is 22.2. The third kappa shape index (κ3) is 10.7. The molecular weight excluding hydrogens is 837 g/mol. The first-order valence-corrected chi connectivity index (χ1v) is 24.6. The minimum absolute atomic E-state index is 0.0708. The molecule has 2 heterocycles. The molecule has 0 bridgehead atoms. The average molecular weight is 881 g/mol. The molecule has 0 amide bonds. The second-order valence-electron chi connectivity index (χ2n) is 15.7. The van der Waals surface area contributed by atoms with Crippen LogP contribution in [-0.2, 0) is 35.8 Å². The molecule has 2 aliphatic rings. The Balaban J connectivity index is 1.21. The molecule has 0 saturated heterocycles. The fourth-order valence-corrected chi connectivity index (χ4v) is 11.8. The first kappa shape index (κ1) is 42.8. The van der Waals surface area contributed by atoms with E-state index in [0.717, 1.165) is 77.1 Å². The lowest BCUT2D eigenvalue weighted by Gasteiger charge is -2.30. The van der Waals surface area contributed by atoms with E-state index >= 15 is 0 Å². The summed E-state index contributed by atoms with van der Waals surface area (Å²) >= 11 is 3.08. The molecule has 5 aromatic rings. The number of fused-ring (bicyclic) bond motifs is 2. The Morgan fingerprint density at radius 1 is 0.833 bits per heavy atom. The molecule has 7 rings (SSSR count). The highest BCUT2D eigenvalue weighted by Gasteiger charge is 2.30. The molecule has 1 aromatic heterocycles. The van der Waals surface area contributed by atoms with Crippen LogP contribution < -0.4 is 14.6 Å². The lowest BCUT2D eigenvalue weighted by atomic mass is 9.75. The number of thiazole rings is 1. The maximum atomic E-state index is 12.7. The van der Waals surface area contributed by atoms with Crippen LogP contribution in [0.3, 0.4) is 0 Å². The quantitative estimate of drug-likeness (QED) is 0.106. The molecule has 0 spiro atoms. The number of allylic oxidation sites excluding steroid dienone is 6. The zero-order valence-electron chi connectivity index (χ0n) is 33.1. The normalized spacial score (nSPS) is 16.8. The number of hydrogen-bond acceptors (Lipinski definition) is 10. The van der Waals surface area contributed by atoms with Gasteiger partial charge in [0, 0.05) is 23.6 Å². The van der Waals surface area contributed by atoms with Crippen molar-refractivity contribution in [3.8, 4) is 22.3 Å². The van der Waals surface area contributed by atoms with Crippen LogP contribution in [0.1, 0.15) is 31.7 Å². The van der Waals surface area contributed by atoms with E-state index in [1.165, 1.54) is 11.8 Å². The fraction of sp³-hybridized carbons (Fsp3) is 0.239. The molecule has 0 radical (unpaired) electrons. The van der Waals surface area contributed by atoms with Gasteiger partial charge in [0.05, 0.1) is 28.2 Å². The van der Waals surface area contributed by atoms with Crippen LogP contribution in [-0.4, -0.2) is 63.4 Å². The second kappa shape index (κ2) is 17.7. The maximum Gasteiger partial charge on any atom is 0.318 e. The molecule has 0 unspecified atom stereocenters. The SMILES string of the molecule is CC1(C)CC(/C=C/C=C2\Sc3ccc(-c4ccccc4)cc3N2CCS(=O)(=O)CC(=O)O)=CC(=C/c2sc3ccc(-c4ccccc4)cc3[n+]2CCS(=O)(=O)CC(=O)[O-])/C1. The molecule has 1 aliphatic carbocycles. The van der Waals surface area contributed by atoms with Crippen LogP contribution in [0.5, 0.6) is 0 Å². The number of thioether (sulfide) groups is 1. The summed E-state index contributed by atoms with van der Waals surface area (Å²) in [5.74, 6) is -5.65. The standard InChI is InChI=1S/C46H44N2O8S4/c1-46(2)28-32(10-9-15-42-47(20-22-59(53,54)30-44(49)50)38-26-36(16-18-40(38)57-42)34-11-5-3-6-12-34)24-33(29-46)25-43-48(21-23-60(55,56)31-45(51)52)39-27-37(17-19-41(39)58-43)35-13-7-4-8-14-35/h3-19,24-27H,20-23,28-31H2,1-2H3,(H-,49,50,51,52). The maximum absolute atomic E-state index is 12.7. The van der Waals surface area contributed by atoms with Gasteiger partial charge in [-0.3, -0.25) is 4.79 Å². The molecule has 1 aliphatic heterocycles. The van der Waals surface area contributed by atoms with Crippen molar-refractivity contribution in [1.29, 1.82) is 0 Å². The number of carboxylic acids is 2. The zero-order valence-corrected chi connectivity index (χ0v) is 36.4. The van der Waals surface area contributed by atoms with Gasteiger partial charge in [0.15, 0.2) is 26.2 Å². The van der Waals surface area contributed by atoms with Crippen molar-refractivity contribution in [2.45, 2.75) is 38.1 Å². The summed E-state index contributed by atoms with van der Waals surface area (Å²) in [4.78, 5) is 25.4. The topological polar surface area (TPSA) is 153 Å². The highest BCUT2D eigenvalue weighted by molar-refractivity contribution is 8.03. The number of rotatable bonds is 15. The number of carbonyl (C=O) groups is 2. The van der Waals surface area contributed by atoms with Gasteiger partial charge in [-0.05, 0) is 75.9 Å². The Labute approximate surface area is 358 Å². The van der Waals surface area contributed by atoms with E-state index in [2.05, 4.69) is 32.1 Å². The number of nitrogens with zero attached hydrogens (tertiary/aromatic N) is 2. The van der Waals surface area contributed by atoms with Gasteiger partial charge < -0.3 is 19.9 Å². The molecule has 310 valence electrons. The highest BCUT2D eigenvalue weighted by Crippen LogP contribution is 2.47. The summed E-state index contributed by atoms with van der Waals surface area (Å²) in [5.41, 5.74) is 7.74. The van der Waals surface area contributed by atoms with Gasteiger partial charge in [-0.2, -0.15) is 4.57 Å². The van der Waals surface area contributed by atoms with Crippen molar-refractivity contribution < 1.29 is 41.2 Å². The Morgan fingerprint density at radius 2 is 1.48 bits per heavy atom. The number of aryl methyl sites for hydroxylation is 1. The summed E-state index contributed by atoms with van der Waals surface area (Å²) in [7, 11) is -7.77. The van der Waals surface area contributed by atoms with E-state index in [1.54, 1.807) is 11.3 Å². The molecule has 0 atom stereocenters. The van der Waals surface area contributed by atoms with Crippen LogP contribution in [0, 0.1) is 5.41 Å². The molecule has 14 heteroatoms. The van der Waals surface area contributed by atoms with E-state index in [0.29, 0.717) is 0 Å². The molecule has 0 saturated carbocycles. The predicted molar refractivity (Wildman–Crippen MR) is 239 cm³/mol. The van der Waals surface area contributed by atoms with Crippen molar-refractivity contribution in [2.75, 3.05) is 34.5 Å². The van der Waals surface area contributed by atoms with E-state index in [4.69, 9.17) is 0 Å². The van der Waals surface area contributed by atoms with Gasteiger partial charge >= 0.3 is 5.97 Å². The minimum atomic E-state index is -3.92. The van der Waals surface area contributed by atoms with E-state index in [-0.39, 0.29) is 30.0 Å². The lowest BCUT2D eigenvalue weighted by molar-refractivity contribution is -0.664. The third-order valence-electron chi connectivity index (χ3n) is 10.2. The van der Waals surface area contributed by atoms with Crippen molar-refractivity contribution in [1.82, 2.24) is 0 Å². The number of anilines is 1. The number of sulfone groups is 2. The van der Waals surface area contributed by atoms with Crippen molar-refractivity contribution in [2.24, 2.45) is 5.41 Å². The van der Waals surface area contributed by atoms with Crippen LogP contribution >= 0.6 is 23.1 Å². The summed E-state index contributed by atoms with van der Waals surface area (Å²) in [6, 6.07) is 32.0. The monoisotopic (exact) mass is 880 g/mol. The van der Waals surface area contributed by atoms with Crippen LogP contribution in [0.15, 0.2) is 142 Å². The number of carbonyl (C=O) groups excluding carboxylic acids is 1. The van der Waals surface area contributed by atoms with Crippen LogP contribution in [0.4, 0.5) is 5.69 Å². The minimum Gasteiger partial charge on any atom is -0.549 e. The largest absolute Gasteiger partial charge is 0.549 e. The van der Waals surface area contributed by atoms with Crippen molar-refractivity contribution in [3.05, 3.63) is 143 Å². The van der Waals surface area contributed by atoms with Gasteiger partial charge in [0.2, 0.25) is 5.52 Å². The van der Waals surface area contributed by atoms with Gasteiger partial charge in [0.1, 0.15) is 16.2 Å². The van der Waals surface area contributed by atoms with Crippen molar-refractivity contribution in [3.63, 3.8) is 0 Å². The smallest absolute Gasteiger partial charge is 0.318 e. The van der Waals surface area contributed by atoms with E-state index in [9.17, 15) is 36.6 Å². The lowest BCUT2D eigenvalue weighted by Crippen LogP contribution is -2.40. The number of carboxylic acid groups (broad SMARTS) is 2. The average Bonchev–Trinajstić information content (AvgIpc) is 3.71. The molecule has 60 heavy (non-hydrogen) atoms. The Hall–Kier alpha value is -5.28. The zero-order chi connectivity index (χ0) is 42.7. The van der Waals surface area contributed by atoms with E-state index < -0.39 is 43.1 Å². The summed E-state index contributed by atoms with van der Waals surface area (Å²) in [5, 5.41) is 22.1. The number of aromatic nitrogens is 1. The Kier molecular flexibility index (Phi) is 12.7. The highest BCUT2D eigenvalue weighted by atomic mass is 32.2. The fourth-order valence-electron chi connectivity index (χ4n) is 7.61. The number of benzene rings is 4. The van der Waals surface area contributed by atoms with E-state index in [1.807, 2.05) is 119 Å². The molecule has 0 fully saturated rings. The Morgan fingerprint density at radius 3 is 2.15 bits per heavy atom. The molecule has 1 N–H and O–H groups in total. The summed E-state index contributed by atoms with van der Waals surface area (Å²) in [6.45, 7) is 4.56. The van der Waals surface area contributed by atoms with Gasteiger partial charge in [-0.1, -0.05) is 128 Å². The summed E-state index contributed by atoms with van der Waals surface area (Å²) < 4.78 is 53.8. The Bertz CT molecular complexity index is 2810. The van der Waals surface area contributed by atoms with Gasteiger partial charge in [-0.15, -0.1) is 0 Å². The summed E-state index contributed by atoms with van der Waals surface area (Å²) in [6.07, 6.45) is 11.8.